The van der Waals surface area contributed by atoms with Crippen molar-refractivity contribution in [2.75, 3.05) is 12.4 Å². The number of rotatable bonds is 5. The molecule has 1 N–H and O–H groups in total. The molecule has 0 aliphatic heterocycles. The standard InChI is InChI=1S/C12H18N2O3S/c1-7(2)5-10(15)14-12-13-8(3)9(18-12)6-11(16)17-4/h7H,5-6H2,1-4H3,(H,13,14,15). The Labute approximate surface area is 111 Å². The van der Waals surface area contributed by atoms with Gasteiger partial charge in [-0.15, -0.1) is 11.3 Å². The molecule has 1 heterocycles. The second kappa shape index (κ2) is 6.49. The first-order valence-electron chi connectivity index (χ1n) is 5.75. The topological polar surface area (TPSA) is 68.3 Å². The Morgan fingerprint density at radius 3 is 2.67 bits per heavy atom. The van der Waals surface area contributed by atoms with E-state index in [2.05, 4.69) is 15.0 Å². The minimum absolute atomic E-state index is 0.0524. The maximum absolute atomic E-state index is 11.6. The monoisotopic (exact) mass is 270 g/mol. The fourth-order valence-corrected chi connectivity index (χ4v) is 2.35. The van der Waals surface area contributed by atoms with Crippen LogP contribution in [0.1, 0.15) is 30.8 Å². The highest BCUT2D eigenvalue weighted by atomic mass is 32.1. The molecular formula is C12H18N2O3S. The third kappa shape index (κ3) is 4.44. The van der Waals surface area contributed by atoms with Crippen LogP contribution in [0.4, 0.5) is 5.13 Å². The molecule has 0 fully saturated rings. The summed E-state index contributed by atoms with van der Waals surface area (Å²) in [5, 5.41) is 3.28. The van der Waals surface area contributed by atoms with Crippen LogP contribution < -0.4 is 5.32 Å². The zero-order valence-electron chi connectivity index (χ0n) is 11.1. The van der Waals surface area contributed by atoms with Gasteiger partial charge in [-0.1, -0.05) is 13.8 Å². The van der Waals surface area contributed by atoms with E-state index >= 15 is 0 Å². The van der Waals surface area contributed by atoms with Crippen molar-refractivity contribution >= 4 is 28.3 Å². The van der Waals surface area contributed by atoms with Crippen LogP contribution >= 0.6 is 11.3 Å². The average molecular weight is 270 g/mol. The SMILES string of the molecule is COC(=O)Cc1sc(NC(=O)CC(C)C)nc1C. The molecule has 0 bridgehead atoms. The minimum Gasteiger partial charge on any atom is -0.469 e. The minimum atomic E-state index is -0.304. The molecule has 1 aromatic heterocycles. The van der Waals surface area contributed by atoms with Crippen molar-refractivity contribution < 1.29 is 14.3 Å². The normalized spacial score (nSPS) is 10.5. The lowest BCUT2D eigenvalue weighted by molar-refractivity contribution is -0.139. The average Bonchev–Trinajstić information content (AvgIpc) is 2.57. The molecule has 0 aliphatic carbocycles. The number of esters is 1. The Kier molecular flexibility index (Phi) is 5.27. The molecule has 0 spiro atoms. The van der Waals surface area contributed by atoms with E-state index in [1.165, 1.54) is 18.4 Å². The number of nitrogens with zero attached hydrogens (tertiary/aromatic N) is 1. The third-order valence-corrected chi connectivity index (χ3v) is 3.34. The fraction of sp³-hybridized carbons (Fsp3) is 0.583. The van der Waals surface area contributed by atoms with Crippen LogP contribution in [-0.4, -0.2) is 24.0 Å². The Morgan fingerprint density at radius 2 is 2.11 bits per heavy atom. The molecule has 0 aromatic carbocycles. The van der Waals surface area contributed by atoms with E-state index in [-0.39, 0.29) is 18.3 Å². The predicted molar refractivity (Wildman–Crippen MR) is 70.7 cm³/mol. The number of aryl methyl sites for hydroxylation is 1. The summed E-state index contributed by atoms with van der Waals surface area (Å²) < 4.78 is 4.60. The van der Waals surface area contributed by atoms with Gasteiger partial charge in [0.15, 0.2) is 5.13 Å². The number of methoxy groups -OCH3 is 1. The molecule has 0 aliphatic rings. The molecule has 0 atom stereocenters. The van der Waals surface area contributed by atoms with Crippen LogP contribution in [0.25, 0.3) is 0 Å². The number of aromatic nitrogens is 1. The number of hydrogen-bond acceptors (Lipinski definition) is 5. The lowest BCUT2D eigenvalue weighted by Crippen LogP contribution is -2.13. The summed E-state index contributed by atoms with van der Waals surface area (Å²) in [6.07, 6.45) is 0.658. The summed E-state index contributed by atoms with van der Waals surface area (Å²) in [4.78, 5) is 27.8. The van der Waals surface area contributed by atoms with Crippen molar-refractivity contribution in [3.05, 3.63) is 10.6 Å². The number of nitrogens with one attached hydrogen (secondary N) is 1. The summed E-state index contributed by atoms with van der Waals surface area (Å²) in [5.74, 6) is -0.0502. The second-order valence-electron chi connectivity index (χ2n) is 4.43. The number of carbonyl (C=O) groups is 2. The summed E-state index contributed by atoms with van der Waals surface area (Å²) in [7, 11) is 1.35. The lowest BCUT2D eigenvalue weighted by Gasteiger charge is -2.03. The molecule has 100 valence electrons. The predicted octanol–water partition coefficient (Wildman–Crippen LogP) is 2.15. The highest BCUT2D eigenvalue weighted by Crippen LogP contribution is 2.23. The van der Waals surface area contributed by atoms with Crippen LogP contribution in [0.5, 0.6) is 0 Å². The van der Waals surface area contributed by atoms with Gasteiger partial charge in [-0.05, 0) is 12.8 Å². The van der Waals surface area contributed by atoms with E-state index in [0.29, 0.717) is 17.5 Å². The third-order valence-electron chi connectivity index (χ3n) is 2.27. The van der Waals surface area contributed by atoms with Crippen molar-refractivity contribution in [3.8, 4) is 0 Å². The molecule has 1 rings (SSSR count). The summed E-state index contributed by atoms with van der Waals surface area (Å²) >= 11 is 1.31. The van der Waals surface area contributed by atoms with E-state index in [4.69, 9.17) is 0 Å². The summed E-state index contributed by atoms with van der Waals surface area (Å²) in [5.41, 5.74) is 0.755. The first-order valence-corrected chi connectivity index (χ1v) is 6.57. The van der Waals surface area contributed by atoms with Gasteiger partial charge in [-0.25, -0.2) is 4.98 Å². The van der Waals surface area contributed by atoms with Gasteiger partial charge in [-0.3, -0.25) is 9.59 Å². The van der Waals surface area contributed by atoms with E-state index < -0.39 is 0 Å². The number of thiazole rings is 1. The van der Waals surface area contributed by atoms with Crippen LogP contribution in [0.15, 0.2) is 0 Å². The highest BCUT2D eigenvalue weighted by molar-refractivity contribution is 7.16. The van der Waals surface area contributed by atoms with Crippen molar-refractivity contribution in [3.63, 3.8) is 0 Å². The van der Waals surface area contributed by atoms with Crippen LogP contribution in [0.2, 0.25) is 0 Å². The maximum atomic E-state index is 11.6. The molecular weight excluding hydrogens is 252 g/mol. The molecule has 0 radical (unpaired) electrons. The molecule has 5 nitrogen and oxygen atoms in total. The summed E-state index contributed by atoms with van der Waals surface area (Å²) in [6.45, 7) is 5.78. The van der Waals surface area contributed by atoms with E-state index in [0.717, 1.165) is 10.6 Å². The Morgan fingerprint density at radius 1 is 1.44 bits per heavy atom. The van der Waals surface area contributed by atoms with Crippen LogP contribution in [0.3, 0.4) is 0 Å². The maximum Gasteiger partial charge on any atom is 0.310 e. The zero-order chi connectivity index (χ0) is 13.7. The molecule has 0 saturated carbocycles. The van der Waals surface area contributed by atoms with Gasteiger partial charge < -0.3 is 10.1 Å². The van der Waals surface area contributed by atoms with E-state index in [1.807, 2.05) is 20.8 Å². The number of carbonyl (C=O) groups excluding carboxylic acids is 2. The van der Waals surface area contributed by atoms with Gasteiger partial charge in [0.05, 0.1) is 19.2 Å². The number of ether oxygens (including phenoxy) is 1. The Balaban J connectivity index is 2.66. The number of amides is 1. The van der Waals surface area contributed by atoms with Gasteiger partial charge in [0.1, 0.15) is 0 Å². The van der Waals surface area contributed by atoms with Gasteiger partial charge in [0.2, 0.25) is 5.91 Å². The summed E-state index contributed by atoms with van der Waals surface area (Å²) in [6, 6.07) is 0. The molecule has 1 aromatic rings. The molecule has 0 saturated heterocycles. The van der Waals surface area contributed by atoms with Gasteiger partial charge in [-0.2, -0.15) is 0 Å². The fourth-order valence-electron chi connectivity index (χ4n) is 1.39. The lowest BCUT2D eigenvalue weighted by atomic mass is 10.1. The van der Waals surface area contributed by atoms with Crippen LogP contribution in [-0.2, 0) is 20.7 Å². The first kappa shape index (κ1) is 14.6. The van der Waals surface area contributed by atoms with Gasteiger partial charge in [0, 0.05) is 11.3 Å². The van der Waals surface area contributed by atoms with Gasteiger partial charge >= 0.3 is 5.97 Å². The zero-order valence-corrected chi connectivity index (χ0v) is 11.9. The number of hydrogen-bond donors (Lipinski definition) is 1. The van der Waals surface area contributed by atoms with Crippen LogP contribution in [0, 0.1) is 12.8 Å². The molecule has 1 amide bonds. The second-order valence-corrected chi connectivity index (χ2v) is 5.51. The number of anilines is 1. The highest BCUT2D eigenvalue weighted by Gasteiger charge is 2.14. The van der Waals surface area contributed by atoms with E-state index in [9.17, 15) is 9.59 Å². The smallest absolute Gasteiger partial charge is 0.310 e. The van der Waals surface area contributed by atoms with Crippen molar-refractivity contribution in [1.29, 1.82) is 0 Å². The van der Waals surface area contributed by atoms with Crippen molar-refractivity contribution in [2.24, 2.45) is 5.92 Å². The van der Waals surface area contributed by atoms with Gasteiger partial charge in [0.25, 0.3) is 0 Å². The Hall–Kier alpha value is -1.43. The molecule has 0 unspecified atom stereocenters. The largest absolute Gasteiger partial charge is 0.469 e. The molecule has 6 heteroatoms. The van der Waals surface area contributed by atoms with Crippen molar-refractivity contribution in [2.45, 2.75) is 33.6 Å². The van der Waals surface area contributed by atoms with E-state index in [1.54, 1.807) is 0 Å². The molecule has 18 heavy (non-hydrogen) atoms. The van der Waals surface area contributed by atoms with Crippen molar-refractivity contribution in [1.82, 2.24) is 4.98 Å². The quantitative estimate of drug-likeness (QED) is 0.832. The Bertz CT molecular complexity index is 441. The first-order chi connectivity index (χ1) is 8.42.